The van der Waals surface area contributed by atoms with Gasteiger partial charge in [0.15, 0.2) is 0 Å². The summed E-state index contributed by atoms with van der Waals surface area (Å²) in [5.41, 5.74) is 2.82. The monoisotopic (exact) mass is 344 g/mol. The summed E-state index contributed by atoms with van der Waals surface area (Å²) in [4.78, 5) is 14.6. The molecule has 1 heterocycles. The molecule has 1 aliphatic carbocycles. The third kappa shape index (κ3) is 4.35. The maximum absolute atomic E-state index is 12.0. The molecule has 1 N–H and O–H groups in total. The third-order valence-electron chi connectivity index (χ3n) is 5.77. The van der Waals surface area contributed by atoms with Gasteiger partial charge < -0.3 is 10.1 Å². The lowest BCUT2D eigenvalue weighted by Gasteiger charge is -2.21. The average molecular weight is 344 g/mol. The van der Waals surface area contributed by atoms with E-state index in [4.69, 9.17) is 4.74 Å². The Labute approximate surface area is 151 Å². The van der Waals surface area contributed by atoms with Crippen LogP contribution in [0.4, 0.5) is 4.79 Å². The second-order valence-corrected chi connectivity index (χ2v) is 7.39. The van der Waals surface area contributed by atoms with Gasteiger partial charge in [-0.25, -0.2) is 4.79 Å². The Hall–Kier alpha value is -1.55. The largest absolute Gasteiger partial charge is 0.412 e. The van der Waals surface area contributed by atoms with Crippen LogP contribution in [0.5, 0.6) is 5.75 Å². The van der Waals surface area contributed by atoms with Gasteiger partial charge in [-0.05, 0) is 55.6 Å². The number of ether oxygens (including phenoxy) is 1. The number of carbonyl (C=O) groups excluding carboxylic acids is 1. The molecular weight excluding hydrogens is 312 g/mol. The van der Waals surface area contributed by atoms with E-state index in [0.717, 1.165) is 19.4 Å². The number of hydrogen-bond donors (Lipinski definition) is 1. The highest BCUT2D eigenvalue weighted by atomic mass is 16.6. The summed E-state index contributed by atoms with van der Waals surface area (Å²) >= 11 is 0. The maximum atomic E-state index is 12.0. The molecule has 1 amide bonds. The Morgan fingerprint density at radius 2 is 2.08 bits per heavy atom. The SMILES string of the molecule is CCCCCCCNC(=O)Oc1ccc2c(c1)[C@@H]1CCN(CC)C1C2. The zero-order chi connectivity index (χ0) is 17.6. The van der Waals surface area contributed by atoms with Gasteiger partial charge in [0.05, 0.1) is 0 Å². The first-order chi connectivity index (χ1) is 12.2. The van der Waals surface area contributed by atoms with Crippen LogP contribution in [0.2, 0.25) is 0 Å². The fraction of sp³-hybridized carbons (Fsp3) is 0.667. The van der Waals surface area contributed by atoms with E-state index in [1.165, 1.54) is 49.8 Å². The number of likely N-dealkylation sites (N-methyl/N-ethyl adjacent to an activating group) is 1. The van der Waals surface area contributed by atoms with Crippen LogP contribution in [-0.2, 0) is 6.42 Å². The minimum Gasteiger partial charge on any atom is -0.410 e. The molecule has 2 atom stereocenters. The second-order valence-electron chi connectivity index (χ2n) is 7.39. The van der Waals surface area contributed by atoms with E-state index in [-0.39, 0.29) is 6.09 Å². The molecule has 0 radical (unpaired) electrons. The van der Waals surface area contributed by atoms with Crippen molar-refractivity contribution < 1.29 is 9.53 Å². The number of benzene rings is 1. The van der Waals surface area contributed by atoms with E-state index < -0.39 is 0 Å². The predicted octanol–water partition coefficient (Wildman–Crippen LogP) is 4.48. The molecule has 0 aromatic heterocycles. The lowest BCUT2D eigenvalue weighted by molar-refractivity contribution is 0.200. The second kappa shape index (κ2) is 8.70. The van der Waals surface area contributed by atoms with Crippen molar-refractivity contribution in [1.29, 1.82) is 0 Å². The van der Waals surface area contributed by atoms with Gasteiger partial charge in [0.25, 0.3) is 0 Å². The van der Waals surface area contributed by atoms with E-state index in [0.29, 0.717) is 24.3 Å². The van der Waals surface area contributed by atoms with Gasteiger partial charge in [-0.15, -0.1) is 0 Å². The predicted molar refractivity (Wildman–Crippen MR) is 101 cm³/mol. The summed E-state index contributed by atoms with van der Waals surface area (Å²) < 4.78 is 5.51. The number of rotatable bonds is 8. The molecule has 1 saturated heterocycles. The summed E-state index contributed by atoms with van der Waals surface area (Å²) in [6, 6.07) is 6.83. The number of nitrogens with zero attached hydrogens (tertiary/aromatic N) is 1. The summed E-state index contributed by atoms with van der Waals surface area (Å²) in [7, 11) is 0. The third-order valence-corrected chi connectivity index (χ3v) is 5.77. The summed E-state index contributed by atoms with van der Waals surface area (Å²) in [5, 5.41) is 2.87. The zero-order valence-electron chi connectivity index (χ0n) is 15.7. The van der Waals surface area contributed by atoms with Gasteiger partial charge in [-0.3, -0.25) is 4.90 Å². The number of likely N-dealkylation sites (tertiary alicyclic amines) is 1. The van der Waals surface area contributed by atoms with Crippen LogP contribution < -0.4 is 10.1 Å². The van der Waals surface area contributed by atoms with Crippen molar-refractivity contribution in [1.82, 2.24) is 10.2 Å². The van der Waals surface area contributed by atoms with Crippen LogP contribution in [0.25, 0.3) is 0 Å². The highest BCUT2D eigenvalue weighted by Gasteiger charge is 2.40. The molecule has 1 fully saturated rings. The highest BCUT2D eigenvalue weighted by molar-refractivity contribution is 5.70. The van der Waals surface area contributed by atoms with Crippen molar-refractivity contribution in [3.8, 4) is 5.75 Å². The van der Waals surface area contributed by atoms with Crippen molar-refractivity contribution in [3.63, 3.8) is 0 Å². The molecular formula is C21H32N2O2. The fourth-order valence-corrected chi connectivity index (χ4v) is 4.40. The standard InChI is InChI=1S/C21H32N2O2/c1-3-5-6-7-8-12-22-21(24)25-17-10-9-16-14-20-18(19(16)15-17)11-13-23(20)4-2/h9-10,15,18,20H,3-8,11-14H2,1-2H3,(H,22,24)/t18-,20?/m0/s1. The molecule has 2 aliphatic rings. The van der Waals surface area contributed by atoms with Crippen LogP contribution in [0.15, 0.2) is 18.2 Å². The molecule has 25 heavy (non-hydrogen) atoms. The fourth-order valence-electron chi connectivity index (χ4n) is 4.40. The van der Waals surface area contributed by atoms with Crippen molar-refractivity contribution in [2.75, 3.05) is 19.6 Å². The van der Waals surface area contributed by atoms with Crippen molar-refractivity contribution in [2.24, 2.45) is 0 Å². The Bertz CT molecular complexity index is 587. The molecule has 1 aliphatic heterocycles. The summed E-state index contributed by atoms with van der Waals surface area (Å²) in [6.07, 6.45) is 7.99. The molecule has 4 heteroatoms. The smallest absolute Gasteiger partial charge is 0.410 e. The molecule has 3 rings (SSSR count). The average Bonchev–Trinajstić information content (AvgIpc) is 3.17. The molecule has 4 nitrogen and oxygen atoms in total. The van der Waals surface area contributed by atoms with Gasteiger partial charge in [-0.1, -0.05) is 45.6 Å². The van der Waals surface area contributed by atoms with Crippen LogP contribution in [-0.4, -0.2) is 36.7 Å². The molecule has 0 spiro atoms. The van der Waals surface area contributed by atoms with Crippen LogP contribution in [0, 0.1) is 0 Å². The number of amides is 1. The number of nitrogens with one attached hydrogen (secondary N) is 1. The first-order valence-electron chi connectivity index (χ1n) is 10.1. The maximum Gasteiger partial charge on any atom is 0.412 e. The molecule has 1 unspecified atom stereocenters. The van der Waals surface area contributed by atoms with Crippen molar-refractivity contribution >= 4 is 6.09 Å². The van der Waals surface area contributed by atoms with Crippen molar-refractivity contribution in [2.45, 2.75) is 70.8 Å². The van der Waals surface area contributed by atoms with Gasteiger partial charge in [-0.2, -0.15) is 0 Å². The number of carbonyl (C=O) groups is 1. The Morgan fingerprint density at radius 3 is 2.88 bits per heavy atom. The van der Waals surface area contributed by atoms with Crippen LogP contribution in [0.1, 0.15) is 69.4 Å². The lowest BCUT2D eigenvalue weighted by Crippen LogP contribution is -2.30. The van der Waals surface area contributed by atoms with Gasteiger partial charge in [0.2, 0.25) is 0 Å². The molecule has 1 aromatic rings. The lowest BCUT2D eigenvalue weighted by atomic mass is 9.98. The zero-order valence-corrected chi connectivity index (χ0v) is 15.7. The first kappa shape index (κ1) is 18.2. The first-order valence-corrected chi connectivity index (χ1v) is 10.1. The topological polar surface area (TPSA) is 41.6 Å². The Balaban J connectivity index is 1.49. The van der Waals surface area contributed by atoms with Crippen molar-refractivity contribution in [3.05, 3.63) is 29.3 Å². The molecule has 0 saturated carbocycles. The van der Waals surface area contributed by atoms with E-state index in [9.17, 15) is 4.79 Å². The quantitative estimate of drug-likeness (QED) is 0.707. The molecule has 1 aromatic carbocycles. The molecule has 0 bridgehead atoms. The van der Waals surface area contributed by atoms with E-state index in [1.54, 1.807) is 0 Å². The Morgan fingerprint density at radius 1 is 1.24 bits per heavy atom. The molecule has 138 valence electrons. The van der Waals surface area contributed by atoms with Gasteiger partial charge in [0, 0.05) is 18.5 Å². The number of unbranched alkanes of at least 4 members (excludes halogenated alkanes) is 4. The normalized spacial score (nSPS) is 21.8. The van der Waals surface area contributed by atoms with Gasteiger partial charge >= 0.3 is 6.09 Å². The van der Waals surface area contributed by atoms with Crippen LogP contribution in [0.3, 0.4) is 0 Å². The van der Waals surface area contributed by atoms with Crippen LogP contribution >= 0.6 is 0 Å². The van der Waals surface area contributed by atoms with Gasteiger partial charge in [0.1, 0.15) is 5.75 Å². The highest BCUT2D eigenvalue weighted by Crippen LogP contribution is 2.44. The Kier molecular flexibility index (Phi) is 6.35. The minimum atomic E-state index is -0.327. The number of fused-ring (bicyclic) bond motifs is 3. The summed E-state index contributed by atoms with van der Waals surface area (Å²) in [6.45, 7) is 7.46. The minimum absolute atomic E-state index is 0.327. The number of hydrogen-bond acceptors (Lipinski definition) is 3. The van der Waals surface area contributed by atoms with E-state index in [1.807, 2.05) is 6.07 Å². The van der Waals surface area contributed by atoms with E-state index >= 15 is 0 Å². The summed E-state index contributed by atoms with van der Waals surface area (Å²) in [5.74, 6) is 1.29. The van der Waals surface area contributed by atoms with E-state index in [2.05, 4.69) is 36.2 Å².